The molecule has 146 valence electrons. The lowest BCUT2D eigenvalue weighted by Crippen LogP contribution is -2.48. The van der Waals surface area contributed by atoms with Crippen molar-refractivity contribution in [2.75, 3.05) is 25.2 Å². The standard InChI is InChI=1S/C20H19NO7/c1-12-6-5-7-13(18(12)23)19(24)27-11-17(22)21-10-16(20(25)26-2)28-15-9-4-3-8-14(15)21/h3-9,16,23H,10-11H2,1-2H3. The van der Waals surface area contributed by atoms with Crippen LogP contribution in [0, 0.1) is 6.92 Å². The van der Waals surface area contributed by atoms with Gasteiger partial charge in [-0.15, -0.1) is 0 Å². The van der Waals surface area contributed by atoms with E-state index in [-0.39, 0.29) is 17.9 Å². The fourth-order valence-electron chi connectivity index (χ4n) is 2.83. The van der Waals surface area contributed by atoms with Crippen LogP contribution in [0.4, 0.5) is 5.69 Å². The van der Waals surface area contributed by atoms with Gasteiger partial charge in [0.25, 0.3) is 5.91 Å². The average molecular weight is 385 g/mol. The lowest BCUT2D eigenvalue weighted by molar-refractivity contribution is -0.148. The Kier molecular flexibility index (Phi) is 5.49. The molecule has 8 heteroatoms. The molecule has 2 aromatic rings. The monoisotopic (exact) mass is 385 g/mol. The number of methoxy groups -OCH3 is 1. The molecule has 0 saturated heterocycles. The molecule has 0 aromatic heterocycles. The first-order chi connectivity index (χ1) is 13.4. The van der Waals surface area contributed by atoms with E-state index in [2.05, 4.69) is 0 Å². The molecule has 3 rings (SSSR count). The maximum Gasteiger partial charge on any atom is 0.348 e. The van der Waals surface area contributed by atoms with Crippen molar-refractivity contribution in [2.24, 2.45) is 0 Å². The minimum atomic E-state index is -0.986. The van der Waals surface area contributed by atoms with Gasteiger partial charge in [0.1, 0.15) is 17.1 Å². The summed E-state index contributed by atoms with van der Waals surface area (Å²) < 4.78 is 15.3. The van der Waals surface area contributed by atoms with Crippen LogP contribution < -0.4 is 9.64 Å². The van der Waals surface area contributed by atoms with Gasteiger partial charge in [0.2, 0.25) is 6.10 Å². The highest BCUT2D eigenvalue weighted by Gasteiger charge is 2.34. The number of aryl methyl sites for hydroxylation is 1. The summed E-state index contributed by atoms with van der Waals surface area (Å²) in [6, 6.07) is 11.4. The minimum Gasteiger partial charge on any atom is -0.507 e. The lowest BCUT2D eigenvalue weighted by atomic mass is 10.1. The van der Waals surface area contributed by atoms with Crippen molar-refractivity contribution < 1.29 is 33.7 Å². The summed E-state index contributed by atoms with van der Waals surface area (Å²) in [4.78, 5) is 38.1. The van der Waals surface area contributed by atoms with Gasteiger partial charge in [-0.2, -0.15) is 0 Å². The molecule has 0 bridgehead atoms. The van der Waals surface area contributed by atoms with Crippen molar-refractivity contribution in [3.8, 4) is 11.5 Å². The van der Waals surface area contributed by atoms with Crippen LogP contribution in [-0.2, 0) is 19.1 Å². The van der Waals surface area contributed by atoms with E-state index < -0.39 is 30.6 Å². The SMILES string of the molecule is COC(=O)C1CN(C(=O)COC(=O)c2cccc(C)c2O)c2ccccc2O1. The third-order valence-corrected chi connectivity index (χ3v) is 4.32. The number of phenols is 1. The molecule has 1 atom stereocenters. The molecule has 1 unspecified atom stereocenters. The number of esters is 2. The fraction of sp³-hybridized carbons (Fsp3) is 0.250. The number of anilines is 1. The zero-order valence-corrected chi connectivity index (χ0v) is 15.4. The Morgan fingerprint density at radius 2 is 1.93 bits per heavy atom. The first-order valence-corrected chi connectivity index (χ1v) is 8.52. The van der Waals surface area contributed by atoms with Crippen molar-refractivity contribution in [3.05, 3.63) is 53.6 Å². The molecule has 0 fully saturated rings. The lowest BCUT2D eigenvalue weighted by Gasteiger charge is -2.33. The summed E-state index contributed by atoms with van der Waals surface area (Å²) in [6.07, 6.45) is -0.986. The van der Waals surface area contributed by atoms with Crippen LogP contribution in [0.25, 0.3) is 0 Å². The molecule has 0 saturated carbocycles. The Labute approximate surface area is 161 Å². The van der Waals surface area contributed by atoms with Gasteiger partial charge < -0.3 is 24.2 Å². The molecule has 1 aliphatic heterocycles. The van der Waals surface area contributed by atoms with E-state index in [1.165, 1.54) is 18.1 Å². The largest absolute Gasteiger partial charge is 0.507 e. The third-order valence-electron chi connectivity index (χ3n) is 4.32. The minimum absolute atomic E-state index is 0.0254. The molecule has 2 aromatic carbocycles. The van der Waals surface area contributed by atoms with E-state index in [4.69, 9.17) is 14.2 Å². The number of hydrogen-bond acceptors (Lipinski definition) is 7. The van der Waals surface area contributed by atoms with Gasteiger partial charge >= 0.3 is 11.9 Å². The third kappa shape index (κ3) is 3.75. The van der Waals surface area contributed by atoms with Crippen molar-refractivity contribution in [2.45, 2.75) is 13.0 Å². The number of aromatic hydroxyl groups is 1. The predicted molar refractivity (Wildman–Crippen MR) is 98.4 cm³/mol. The Morgan fingerprint density at radius 3 is 2.68 bits per heavy atom. The summed E-state index contributed by atoms with van der Waals surface area (Å²) in [7, 11) is 1.23. The molecule has 0 radical (unpaired) electrons. The van der Waals surface area contributed by atoms with Gasteiger partial charge in [-0.1, -0.05) is 24.3 Å². The Hall–Kier alpha value is -3.55. The fourth-order valence-corrected chi connectivity index (χ4v) is 2.83. The van der Waals surface area contributed by atoms with Gasteiger partial charge in [-0.05, 0) is 30.7 Å². The Bertz CT molecular complexity index is 925. The predicted octanol–water partition coefficient (Wildman–Crippen LogP) is 1.82. The second kappa shape index (κ2) is 7.99. The number of hydrogen-bond donors (Lipinski definition) is 1. The Balaban J connectivity index is 1.75. The maximum atomic E-state index is 12.7. The van der Waals surface area contributed by atoms with Crippen LogP contribution in [0.3, 0.4) is 0 Å². The number of amides is 1. The van der Waals surface area contributed by atoms with Gasteiger partial charge in [0.05, 0.1) is 19.3 Å². The van der Waals surface area contributed by atoms with Gasteiger partial charge in [-0.25, -0.2) is 9.59 Å². The van der Waals surface area contributed by atoms with E-state index in [0.717, 1.165) is 0 Å². The number of phenolic OH excluding ortho intramolecular Hbond substituents is 1. The summed E-state index contributed by atoms with van der Waals surface area (Å²) in [6.45, 7) is 1.01. The van der Waals surface area contributed by atoms with E-state index in [1.807, 2.05) is 0 Å². The number of carbonyl (C=O) groups excluding carboxylic acids is 3. The van der Waals surface area contributed by atoms with Crippen LogP contribution in [0.5, 0.6) is 11.5 Å². The van der Waals surface area contributed by atoms with E-state index in [1.54, 1.807) is 43.3 Å². The number of para-hydroxylation sites is 3. The molecular weight excluding hydrogens is 366 g/mol. The smallest absolute Gasteiger partial charge is 0.348 e. The number of rotatable bonds is 4. The van der Waals surface area contributed by atoms with Gasteiger partial charge in [0, 0.05) is 0 Å². The number of nitrogens with zero attached hydrogens (tertiary/aromatic N) is 1. The average Bonchev–Trinajstić information content (AvgIpc) is 2.72. The first-order valence-electron chi connectivity index (χ1n) is 8.52. The molecule has 1 heterocycles. The quantitative estimate of drug-likeness (QED) is 0.801. The number of carbonyl (C=O) groups is 3. The molecule has 0 aliphatic carbocycles. The van der Waals surface area contributed by atoms with Crippen molar-refractivity contribution in [1.82, 2.24) is 0 Å². The molecule has 28 heavy (non-hydrogen) atoms. The second-order valence-electron chi connectivity index (χ2n) is 6.15. The van der Waals surface area contributed by atoms with E-state index in [0.29, 0.717) is 17.0 Å². The summed E-state index contributed by atoms with van der Waals surface area (Å²) in [5.74, 6) is -1.82. The van der Waals surface area contributed by atoms with Crippen molar-refractivity contribution in [1.29, 1.82) is 0 Å². The molecule has 1 amide bonds. The van der Waals surface area contributed by atoms with Crippen LogP contribution in [0.2, 0.25) is 0 Å². The van der Waals surface area contributed by atoms with Crippen LogP contribution in [0.1, 0.15) is 15.9 Å². The van der Waals surface area contributed by atoms with Crippen molar-refractivity contribution >= 4 is 23.5 Å². The van der Waals surface area contributed by atoms with Crippen molar-refractivity contribution in [3.63, 3.8) is 0 Å². The normalized spacial score (nSPS) is 15.2. The zero-order chi connectivity index (χ0) is 20.3. The Morgan fingerprint density at radius 1 is 1.18 bits per heavy atom. The number of fused-ring (bicyclic) bond motifs is 1. The van der Waals surface area contributed by atoms with Crippen LogP contribution in [-0.4, -0.2) is 49.3 Å². The van der Waals surface area contributed by atoms with Gasteiger partial charge in [-0.3, -0.25) is 4.79 Å². The molecular formula is C20H19NO7. The highest BCUT2D eigenvalue weighted by atomic mass is 16.6. The molecule has 1 aliphatic rings. The topological polar surface area (TPSA) is 102 Å². The first kappa shape index (κ1) is 19.2. The highest BCUT2D eigenvalue weighted by Crippen LogP contribution is 2.33. The molecule has 0 spiro atoms. The van der Waals surface area contributed by atoms with E-state index >= 15 is 0 Å². The summed E-state index contributed by atoms with van der Waals surface area (Å²) in [5, 5.41) is 9.97. The molecule has 8 nitrogen and oxygen atoms in total. The van der Waals surface area contributed by atoms with E-state index in [9.17, 15) is 19.5 Å². The van der Waals surface area contributed by atoms with Crippen LogP contribution in [0.15, 0.2) is 42.5 Å². The summed E-state index contributed by atoms with van der Waals surface area (Å²) in [5.41, 5.74) is 0.952. The summed E-state index contributed by atoms with van der Waals surface area (Å²) >= 11 is 0. The number of ether oxygens (including phenoxy) is 3. The highest BCUT2D eigenvalue weighted by molar-refractivity contribution is 6.00. The maximum absolute atomic E-state index is 12.7. The van der Waals surface area contributed by atoms with Gasteiger partial charge in [0.15, 0.2) is 6.61 Å². The molecule has 1 N–H and O–H groups in total. The zero-order valence-electron chi connectivity index (χ0n) is 15.4. The van der Waals surface area contributed by atoms with Crippen LogP contribution >= 0.6 is 0 Å². The number of benzene rings is 2. The second-order valence-corrected chi connectivity index (χ2v) is 6.15.